The van der Waals surface area contributed by atoms with Gasteiger partial charge < -0.3 is 15.4 Å². The molecule has 1 atom stereocenters. The summed E-state index contributed by atoms with van der Waals surface area (Å²) >= 11 is 0. The van der Waals surface area contributed by atoms with Crippen LogP contribution >= 0.6 is 0 Å². The number of aromatic amines is 1. The van der Waals surface area contributed by atoms with Crippen LogP contribution in [0.15, 0.2) is 47.4 Å². The Hall–Kier alpha value is -2.47. The summed E-state index contributed by atoms with van der Waals surface area (Å²) in [6, 6.07) is 8.27. The molecule has 0 aliphatic heterocycles. The average Bonchev–Trinajstić information content (AvgIpc) is 2.46. The van der Waals surface area contributed by atoms with E-state index in [0.29, 0.717) is 5.56 Å². The largest absolute Gasteiger partial charge is 0.384 e. The summed E-state index contributed by atoms with van der Waals surface area (Å²) < 4.78 is 12.9. The summed E-state index contributed by atoms with van der Waals surface area (Å²) in [7, 11) is 0. The molecule has 1 unspecified atom stereocenters. The Bertz CT molecular complexity index is 693. The zero-order valence-electron chi connectivity index (χ0n) is 11.4. The number of aliphatic hydroxyl groups is 1. The van der Waals surface area contributed by atoms with Crippen LogP contribution in [0.4, 0.5) is 4.39 Å². The summed E-state index contributed by atoms with van der Waals surface area (Å²) in [4.78, 5) is 25.8. The van der Waals surface area contributed by atoms with Gasteiger partial charge in [-0.15, -0.1) is 0 Å². The highest BCUT2D eigenvalue weighted by Crippen LogP contribution is 2.19. The molecule has 1 heterocycles. The quantitative estimate of drug-likeness (QED) is 0.790. The van der Waals surface area contributed by atoms with Crippen molar-refractivity contribution >= 4 is 5.91 Å². The van der Waals surface area contributed by atoms with Crippen LogP contribution in [0.1, 0.15) is 22.8 Å². The minimum Gasteiger partial charge on any atom is -0.384 e. The van der Waals surface area contributed by atoms with Gasteiger partial charge in [0.25, 0.3) is 11.5 Å². The molecule has 2 aromatic rings. The third-order valence-electron chi connectivity index (χ3n) is 3.12. The number of halogens is 1. The zero-order valence-corrected chi connectivity index (χ0v) is 11.4. The van der Waals surface area contributed by atoms with E-state index in [9.17, 15) is 19.1 Å². The van der Waals surface area contributed by atoms with E-state index in [1.165, 1.54) is 49.5 Å². The molecule has 0 aliphatic carbocycles. The topological polar surface area (TPSA) is 82.2 Å². The van der Waals surface area contributed by atoms with Gasteiger partial charge in [-0.1, -0.05) is 12.1 Å². The Morgan fingerprint density at radius 2 is 2.00 bits per heavy atom. The zero-order chi connectivity index (χ0) is 15.5. The minimum absolute atomic E-state index is 0.0348. The molecule has 1 aromatic carbocycles. The molecule has 0 saturated carbocycles. The Morgan fingerprint density at radius 3 is 2.62 bits per heavy atom. The fraction of sp³-hybridized carbons (Fsp3) is 0.200. The van der Waals surface area contributed by atoms with Crippen molar-refractivity contribution < 1.29 is 14.3 Å². The summed E-state index contributed by atoms with van der Waals surface area (Å²) in [6.45, 7) is 1.39. The third kappa shape index (κ3) is 3.55. The van der Waals surface area contributed by atoms with Crippen molar-refractivity contribution in [2.45, 2.75) is 12.5 Å². The number of carbonyl (C=O) groups excluding carboxylic acids is 1. The normalized spacial score (nSPS) is 13.5. The number of hydrogen-bond donors (Lipinski definition) is 3. The van der Waals surface area contributed by atoms with Crippen molar-refractivity contribution in [3.8, 4) is 0 Å². The molecule has 0 bridgehead atoms. The van der Waals surface area contributed by atoms with Crippen LogP contribution in [-0.2, 0) is 5.60 Å². The second-order valence-corrected chi connectivity index (χ2v) is 4.88. The van der Waals surface area contributed by atoms with Crippen molar-refractivity contribution in [3.63, 3.8) is 0 Å². The third-order valence-corrected chi connectivity index (χ3v) is 3.12. The number of hydrogen-bond acceptors (Lipinski definition) is 3. The van der Waals surface area contributed by atoms with Gasteiger partial charge in [-0.05, 0) is 36.8 Å². The predicted octanol–water partition coefficient (Wildman–Crippen LogP) is 1.15. The Morgan fingerprint density at radius 1 is 1.33 bits per heavy atom. The van der Waals surface area contributed by atoms with Crippen LogP contribution in [0.25, 0.3) is 0 Å². The van der Waals surface area contributed by atoms with Crippen molar-refractivity contribution in [2.75, 3.05) is 6.54 Å². The molecule has 3 N–H and O–H groups in total. The second kappa shape index (κ2) is 5.88. The van der Waals surface area contributed by atoms with Crippen LogP contribution in [0.5, 0.6) is 0 Å². The Kier molecular flexibility index (Phi) is 4.18. The van der Waals surface area contributed by atoms with E-state index in [2.05, 4.69) is 10.3 Å². The van der Waals surface area contributed by atoms with Gasteiger partial charge in [-0.3, -0.25) is 9.59 Å². The van der Waals surface area contributed by atoms with Gasteiger partial charge in [0.1, 0.15) is 17.0 Å². The molecule has 1 amide bonds. The van der Waals surface area contributed by atoms with Crippen LogP contribution in [-0.4, -0.2) is 22.5 Å². The van der Waals surface area contributed by atoms with Crippen LogP contribution < -0.4 is 10.9 Å². The summed E-state index contributed by atoms with van der Waals surface area (Å²) in [6.07, 6.45) is 1.42. The molecule has 21 heavy (non-hydrogen) atoms. The fourth-order valence-electron chi connectivity index (χ4n) is 1.86. The highest BCUT2D eigenvalue weighted by Gasteiger charge is 2.24. The maximum atomic E-state index is 12.9. The van der Waals surface area contributed by atoms with Gasteiger partial charge in [-0.25, -0.2) is 4.39 Å². The lowest BCUT2D eigenvalue weighted by Gasteiger charge is -2.24. The van der Waals surface area contributed by atoms with E-state index in [1.54, 1.807) is 0 Å². The monoisotopic (exact) mass is 290 g/mol. The molecule has 0 saturated heterocycles. The van der Waals surface area contributed by atoms with Crippen LogP contribution in [0, 0.1) is 5.82 Å². The lowest BCUT2D eigenvalue weighted by molar-refractivity contribution is 0.0525. The number of amides is 1. The van der Waals surface area contributed by atoms with Gasteiger partial charge >= 0.3 is 0 Å². The molecular weight excluding hydrogens is 275 g/mol. The number of benzene rings is 1. The molecule has 0 aliphatic rings. The van der Waals surface area contributed by atoms with E-state index >= 15 is 0 Å². The van der Waals surface area contributed by atoms with Crippen molar-refractivity contribution in [2.24, 2.45) is 0 Å². The summed E-state index contributed by atoms with van der Waals surface area (Å²) in [5.41, 5.74) is -1.44. The Labute approximate surface area is 120 Å². The van der Waals surface area contributed by atoms with Gasteiger partial charge in [0.15, 0.2) is 0 Å². The molecule has 0 spiro atoms. The van der Waals surface area contributed by atoms with E-state index in [4.69, 9.17) is 0 Å². The smallest absolute Gasteiger partial charge is 0.260 e. The molecular formula is C15H15FN2O3. The number of carbonyl (C=O) groups is 1. The first-order valence-electron chi connectivity index (χ1n) is 6.34. The molecule has 6 heteroatoms. The number of rotatable bonds is 4. The van der Waals surface area contributed by atoms with Crippen LogP contribution in [0.3, 0.4) is 0 Å². The molecule has 2 rings (SSSR count). The summed E-state index contributed by atoms with van der Waals surface area (Å²) in [5, 5.41) is 12.8. The van der Waals surface area contributed by atoms with E-state index in [0.717, 1.165) is 0 Å². The molecule has 5 nitrogen and oxygen atoms in total. The Balaban J connectivity index is 2.08. The number of pyridine rings is 1. The molecule has 0 radical (unpaired) electrons. The SMILES string of the molecule is CC(O)(CNC(=O)c1ccc[nH]c1=O)c1ccc(F)cc1. The van der Waals surface area contributed by atoms with Crippen LogP contribution in [0.2, 0.25) is 0 Å². The lowest BCUT2D eigenvalue weighted by Crippen LogP contribution is -2.40. The van der Waals surface area contributed by atoms with Gasteiger partial charge in [0.05, 0.1) is 6.54 Å². The maximum absolute atomic E-state index is 12.9. The first kappa shape index (κ1) is 14.9. The molecule has 0 fully saturated rings. The minimum atomic E-state index is -1.37. The average molecular weight is 290 g/mol. The first-order valence-corrected chi connectivity index (χ1v) is 6.34. The number of H-pyrrole nitrogens is 1. The summed E-state index contributed by atoms with van der Waals surface area (Å²) in [5.74, 6) is -0.992. The highest BCUT2D eigenvalue weighted by atomic mass is 19.1. The van der Waals surface area contributed by atoms with Crippen molar-refractivity contribution in [1.29, 1.82) is 0 Å². The second-order valence-electron chi connectivity index (χ2n) is 4.88. The van der Waals surface area contributed by atoms with Gasteiger partial charge in [0, 0.05) is 6.20 Å². The number of aromatic nitrogens is 1. The van der Waals surface area contributed by atoms with Gasteiger partial charge in [0.2, 0.25) is 0 Å². The maximum Gasteiger partial charge on any atom is 0.260 e. The predicted molar refractivity (Wildman–Crippen MR) is 75.4 cm³/mol. The van der Waals surface area contributed by atoms with E-state index in [1.807, 2.05) is 0 Å². The van der Waals surface area contributed by atoms with Crippen molar-refractivity contribution in [3.05, 3.63) is 69.9 Å². The van der Waals surface area contributed by atoms with Crippen molar-refractivity contribution in [1.82, 2.24) is 10.3 Å². The number of nitrogens with one attached hydrogen (secondary N) is 2. The van der Waals surface area contributed by atoms with E-state index in [-0.39, 0.29) is 12.1 Å². The highest BCUT2D eigenvalue weighted by molar-refractivity contribution is 5.93. The first-order chi connectivity index (χ1) is 9.90. The fourth-order valence-corrected chi connectivity index (χ4v) is 1.86. The lowest BCUT2D eigenvalue weighted by atomic mass is 9.96. The standard InChI is InChI=1S/C15H15FN2O3/c1-15(21,10-4-6-11(16)7-5-10)9-18-14(20)12-3-2-8-17-13(12)19/h2-8,21H,9H2,1H3,(H,17,19)(H,18,20). The molecule has 1 aromatic heterocycles. The van der Waals surface area contributed by atoms with E-state index < -0.39 is 22.9 Å². The van der Waals surface area contributed by atoms with Gasteiger partial charge in [-0.2, -0.15) is 0 Å². The molecule has 110 valence electrons.